The average molecular weight is 438 g/mol. The second-order valence-corrected chi connectivity index (χ2v) is 8.45. The van der Waals surface area contributed by atoms with E-state index in [-0.39, 0.29) is 41.8 Å². The van der Waals surface area contributed by atoms with E-state index in [4.69, 9.17) is 10.5 Å². The Balaban J connectivity index is 2.25. The van der Waals surface area contributed by atoms with Crippen LogP contribution in [0.4, 0.5) is 11.5 Å². The molecular formula is C21H35N5O5. The Hall–Kier alpha value is -2.78. The van der Waals surface area contributed by atoms with Crippen LogP contribution in [0.3, 0.4) is 0 Å². The number of rotatable bonds is 9. The van der Waals surface area contributed by atoms with E-state index in [1.807, 2.05) is 20.8 Å². The molecule has 10 nitrogen and oxygen atoms in total. The number of unbranched alkanes of at least 4 members (excludes halogenated alkanes) is 1. The minimum Gasteiger partial charge on any atom is -0.469 e. The Morgan fingerprint density at radius 3 is 2.45 bits per heavy atom. The fourth-order valence-corrected chi connectivity index (χ4v) is 3.84. The summed E-state index contributed by atoms with van der Waals surface area (Å²) in [6, 6.07) is 0. The van der Waals surface area contributed by atoms with Gasteiger partial charge in [-0.25, -0.2) is 4.79 Å². The SMILES string of the molecule is CCCCN(CC(=O)N1CCC(C(=O)OC)CC1)c1c(N)n(CC(C)C)c(=O)[nH]c1=O. The Morgan fingerprint density at radius 2 is 1.90 bits per heavy atom. The van der Waals surface area contributed by atoms with Gasteiger partial charge < -0.3 is 20.3 Å². The first-order valence-electron chi connectivity index (χ1n) is 10.9. The summed E-state index contributed by atoms with van der Waals surface area (Å²) in [6.45, 7) is 7.65. The second kappa shape index (κ2) is 11.0. The Kier molecular flexibility index (Phi) is 8.70. The number of hydrogen-bond donors (Lipinski definition) is 2. The summed E-state index contributed by atoms with van der Waals surface area (Å²) in [5.74, 6) is -0.345. The summed E-state index contributed by atoms with van der Waals surface area (Å²) in [5, 5.41) is 0. The number of ether oxygens (including phenoxy) is 1. The van der Waals surface area contributed by atoms with Gasteiger partial charge in [-0.3, -0.25) is 23.9 Å². The van der Waals surface area contributed by atoms with Gasteiger partial charge >= 0.3 is 11.7 Å². The zero-order valence-electron chi connectivity index (χ0n) is 19.0. The number of amides is 1. The molecule has 0 aromatic carbocycles. The molecule has 1 fully saturated rings. The molecule has 0 radical (unpaired) electrons. The van der Waals surface area contributed by atoms with Gasteiger partial charge in [0.05, 0.1) is 19.6 Å². The number of nitrogen functional groups attached to an aromatic ring is 1. The van der Waals surface area contributed by atoms with Crippen molar-refractivity contribution in [1.29, 1.82) is 0 Å². The van der Waals surface area contributed by atoms with Crippen molar-refractivity contribution in [3.63, 3.8) is 0 Å². The number of nitrogens with one attached hydrogen (secondary N) is 1. The van der Waals surface area contributed by atoms with Gasteiger partial charge in [-0.2, -0.15) is 0 Å². The molecule has 0 aliphatic carbocycles. The van der Waals surface area contributed by atoms with E-state index in [1.165, 1.54) is 11.7 Å². The lowest BCUT2D eigenvalue weighted by Crippen LogP contribution is -2.47. The van der Waals surface area contributed by atoms with Gasteiger partial charge in [0.1, 0.15) is 11.5 Å². The van der Waals surface area contributed by atoms with Crippen molar-refractivity contribution < 1.29 is 14.3 Å². The number of likely N-dealkylation sites (tertiary alicyclic amines) is 1. The number of methoxy groups -OCH3 is 1. The summed E-state index contributed by atoms with van der Waals surface area (Å²) in [5.41, 5.74) is 5.27. The van der Waals surface area contributed by atoms with E-state index in [0.29, 0.717) is 39.0 Å². The smallest absolute Gasteiger partial charge is 0.330 e. The lowest BCUT2D eigenvalue weighted by molar-refractivity contribution is -0.148. The number of piperidine rings is 1. The third-order valence-electron chi connectivity index (χ3n) is 5.57. The minimum absolute atomic E-state index is 0.0178. The number of carbonyl (C=O) groups is 2. The van der Waals surface area contributed by atoms with Crippen molar-refractivity contribution in [1.82, 2.24) is 14.5 Å². The molecule has 1 aromatic heterocycles. The number of aromatic amines is 1. The molecule has 1 aliphatic rings. The molecule has 31 heavy (non-hydrogen) atoms. The number of carbonyl (C=O) groups excluding carboxylic acids is 2. The minimum atomic E-state index is -0.587. The van der Waals surface area contributed by atoms with Crippen LogP contribution in [0.25, 0.3) is 0 Å². The highest BCUT2D eigenvalue weighted by molar-refractivity contribution is 5.83. The van der Waals surface area contributed by atoms with Crippen molar-refractivity contribution in [2.24, 2.45) is 11.8 Å². The van der Waals surface area contributed by atoms with Gasteiger partial charge in [-0.15, -0.1) is 0 Å². The van der Waals surface area contributed by atoms with Crippen LogP contribution >= 0.6 is 0 Å². The van der Waals surface area contributed by atoms with Crippen LogP contribution < -0.4 is 21.9 Å². The predicted octanol–water partition coefficient (Wildman–Crippen LogP) is 0.793. The lowest BCUT2D eigenvalue weighted by Gasteiger charge is -2.33. The van der Waals surface area contributed by atoms with E-state index in [2.05, 4.69) is 4.98 Å². The Labute approximate surface area is 182 Å². The van der Waals surface area contributed by atoms with Crippen molar-refractivity contribution in [2.75, 3.05) is 43.9 Å². The highest BCUT2D eigenvalue weighted by Crippen LogP contribution is 2.21. The third kappa shape index (κ3) is 6.11. The molecule has 10 heteroatoms. The maximum atomic E-state index is 13.0. The zero-order chi connectivity index (χ0) is 23.1. The zero-order valence-corrected chi connectivity index (χ0v) is 19.0. The van der Waals surface area contributed by atoms with E-state index in [1.54, 1.807) is 9.80 Å². The van der Waals surface area contributed by atoms with Gasteiger partial charge in [0.25, 0.3) is 5.56 Å². The van der Waals surface area contributed by atoms with Gasteiger partial charge in [-0.05, 0) is 25.2 Å². The normalized spacial score (nSPS) is 14.7. The van der Waals surface area contributed by atoms with Crippen LogP contribution in [-0.4, -0.2) is 59.6 Å². The molecule has 1 aromatic rings. The molecule has 1 saturated heterocycles. The van der Waals surface area contributed by atoms with Crippen LogP contribution in [0, 0.1) is 11.8 Å². The third-order valence-corrected chi connectivity index (χ3v) is 5.57. The topological polar surface area (TPSA) is 131 Å². The molecule has 1 aliphatic heterocycles. The molecule has 0 bridgehead atoms. The molecule has 2 heterocycles. The molecule has 174 valence electrons. The first-order valence-corrected chi connectivity index (χ1v) is 10.9. The van der Waals surface area contributed by atoms with E-state index in [9.17, 15) is 19.2 Å². The van der Waals surface area contributed by atoms with E-state index >= 15 is 0 Å². The predicted molar refractivity (Wildman–Crippen MR) is 119 cm³/mol. The standard InChI is InChI=1S/C21H35N5O5/c1-5-6-9-25(13-16(27)24-10-7-15(8-11-24)20(29)31-4)17-18(22)26(12-14(2)3)21(30)23-19(17)28/h14-15H,5-13,22H2,1-4H3,(H,23,28,30). The van der Waals surface area contributed by atoms with Crippen molar-refractivity contribution in [2.45, 2.75) is 53.0 Å². The monoisotopic (exact) mass is 437 g/mol. The summed E-state index contributed by atoms with van der Waals surface area (Å²) in [7, 11) is 1.37. The van der Waals surface area contributed by atoms with Gasteiger partial charge in [0.2, 0.25) is 5.91 Å². The average Bonchev–Trinajstić information content (AvgIpc) is 2.73. The van der Waals surface area contributed by atoms with Gasteiger partial charge in [0.15, 0.2) is 0 Å². The fourth-order valence-electron chi connectivity index (χ4n) is 3.84. The highest BCUT2D eigenvalue weighted by Gasteiger charge is 2.29. The lowest BCUT2D eigenvalue weighted by atomic mass is 9.97. The first kappa shape index (κ1) is 24.5. The molecular weight excluding hydrogens is 402 g/mol. The largest absolute Gasteiger partial charge is 0.469 e. The number of nitrogens with zero attached hydrogens (tertiary/aromatic N) is 3. The fraction of sp³-hybridized carbons (Fsp3) is 0.714. The number of esters is 1. The van der Waals surface area contributed by atoms with Crippen LogP contribution in [0.1, 0.15) is 46.5 Å². The first-order chi connectivity index (χ1) is 14.7. The van der Waals surface area contributed by atoms with E-state index < -0.39 is 11.2 Å². The van der Waals surface area contributed by atoms with Gasteiger partial charge in [0, 0.05) is 26.2 Å². The van der Waals surface area contributed by atoms with Crippen LogP contribution in [0.5, 0.6) is 0 Å². The summed E-state index contributed by atoms with van der Waals surface area (Å²) < 4.78 is 6.15. The van der Waals surface area contributed by atoms with E-state index in [0.717, 1.165) is 12.8 Å². The number of aromatic nitrogens is 2. The van der Waals surface area contributed by atoms with Crippen molar-refractivity contribution in [3.05, 3.63) is 20.8 Å². The van der Waals surface area contributed by atoms with Crippen LogP contribution in [-0.2, 0) is 20.9 Å². The Morgan fingerprint density at radius 1 is 1.26 bits per heavy atom. The van der Waals surface area contributed by atoms with Crippen molar-refractivity contribution >= 4 is 23.4 Å². The van der Waals surface area contributed by atoms with Gasteiger partial charge in [-0.1, -0.05) is 27.2 Å². The molecule has 1 amide bonds. The molecule has 0 saturated carbocycles. The quantitative estimate of drug-likeness (QED) is 0.546. The summed E-state index contributed by atoms with van der Waals surface area (Å²) in [6.07, 6.45) is 2.74. The molecule has 0 unspecified atom stereocenters. The molecule has 0 atom stereocenters. The molecule has 2 rings (SSSR count). The van der Waals surface area contributed by atoms with Crippen LogP contribution in [0.15, 0.2) is 9.59 Å². The number of H-pyrrole nitrogens is 1. The molecule has 3 N–H and O–H groups in total. The molecule has 0 spiro atoms. The summed E-state index contributed by atoms with van der Waals surface area (Å²) in [4.78, 5) is 55.3. The summed E-state index contributed by atoms with van der Waals surface area (Å²) >= 11 is 0. The number of anilines is 2. The number of hydrogen-bond acceptors (Lipinski definition) is 7. The number of nitrogens with two attached hydrogens (primary N) is 1. The maximum Gasteiger partial charge on any atom is 0.330 e. The van der Waals surface area contributed by atoms with Crippen molar-refractivity contribution in [3.8, 4) is 0 Å². The maximum absolute atomic E-state index is 13.0. The second-order valence-electron chi connectivity index (χ2n) is 8.45. The Bertz CT molecular complexity index is 883. The van der Waals surface area contributed by atoms with Crippen LogP contribution in [0.2, 0.25) is 0 Å². The highest BCUT2D eigenvalue weighted by atomic mass is 16.5.